The summed E-state index contributed by atoms with van der Waals surface area (Å²) in [5.41, 5.74) is 3.83. The van der Waals surface area contributed by atoms with E-state index in [0.717, 1.165) is 82.1 Å². The Balaban J connectivity index is 1.06. The molecule has 4 heterocycles. The molecule has 3 aromatic carbocycles. The summed E-state index contributed by atoms with van der Waals surface area (Å²) in [5, 5.41) is 4.31. The minimum Gasteiger partial charge on any atom is -0.493 e. The first-order valence-corrected chi connectivity index (χ1v) is 17.4. The van der Waals surface area contributed by atoms with Crippen LogP contribution in [0.15, 0.2) is 79.4 Å². The largest absolute Gasteiger partial charge is 0.493 e. The molecule has 1 atom stereocenters. The molecule has 0 bridgehead atoms. The van der Waals surface area contributed by atoms with Crippen LogP contribution in [0.25, 0.3) is 11.0 Å². The number of aryl methyl sites for hydroxylation is 2. The average molecular weight is 679 g/mol. The van der Waals surface area contributed by atoms with Crippen molar-refractivity contribution in [2.24, 2.45) is 0 Å². The van der Waals surface area contributed by atoms with E-state index in [9.17, 15) is 4.79 Å². The number of methoxy groups -OCH3 is 3. The molecule has 1 unspecified atom stereocenters. The van der Waals surface area contributed by atoms with Gasteiger partial charge in [-0.15, -0.1) is 0 Å². The minimum absolute atomic E-state index is 0.0285. The molecule has 2 saturated heterocycles. The van der Waals surface area contributed by atoms with Crippen molar-refractivity contribution in [2.45, 2.75) is 37.8 Å². The Morgan fingerprint density at radius 2 is 1.62 bits per heavy atom. The fourth-order valence-electron chi connectivity index (χ4n) is 7.65. The molecule has 0 radical (unpaired) electrons. The zero-order valence-corrected chi connectivity index (χ0v) is 29.2. The van der Waals surface area contributed by atoms with E-state index >= 15 is 0 Å². The number of benzene rings is 3. The number of hydrogen-bond donors (Lipinski definition) is 0. The van der Waals surface area contributed by atoms with Crippen LogP contribution in [0.3, 0.4) is 0 Å². The highest BCUT2D eigenvalue weighted by Gasteiger charge is 2.42. The molecule has 0 N–H and O–H groups in total. The van der Waals surface area contributed by atoms with Crippen molar-refractivity contribution < 1.29 is 19.0 Å². The van der Waals surface area contributed by atoms with Crippen molar-refractivity contribution in [3.05, 3.63) is 90.5 Å². The van der Waals surface area contributed by atoms with Crippen LogP contribution in [0, 0.1) is 0 Å². The van der Waals surface area contributed by atoms with Gasteiger partial charge in [0.2, 0.25) is 11.7 Å². The number of carbonyl (C=O) groups excluding carboxylic acids is 1. The standard InChI is InChI=1S/C38H46N8O4/c1-48-33-24-29(25-34(49-2)35(33)50-3)36(47)44-19-15-38(26-44,30-10-5-4-6-11-30)14-18-42-16-9-17-43(21-20-42)37-41-31-12-7-8-13-32(31)46(37)23-22-45-28-39-27-40-45/h4-8,10-13,24-25,27-28H,9,14-23,26H2,1-3H3. The van der Waals surface area contributed by atoms with Gasteiger partial charge in [-0.3, -0.25) is 9.48 Å². The second-order valence-corrected chi connectivity index (χ2v) is 13.2. The first-order valence-electron chi connectivity index (χ1n) is 17.4. The smallest absolute Gasteiger partial charge is 0.254 e. The van der Waals surface area contributed by atoms with Gasteiger partial charge >= 0.3 is 0 Å². The Kier molecular flexibility index (Phi) is 9.88. The van der Waals surface area contributed by atoms with Crippen molar-refractivity contribution in [2.75, 3.05) is 72.0 Å². The van der Waals surface area contributed by atoms with E-state index in [0.29, 0.717) is 35.9 Å². The molecule has 1 amide bonds. The number of likely N-dealkylation sites (tertiary alicyclic amines) is 1. The summed E-state index contributed by atoms with van der Waals surface area (Å²) in [7, 11) is 4.71. The van der Waals surface area contributed by atoms with E-state index in [2.05, 4.69) is 79.0 Å². The lowest BCUT2D eigenvalue weighted by molar-refractivity contribution is 0.0780. The summed E-state index contributed by atoms with van der Waals surface area (Å²) in [6.45, 7) is 7.61. The van der Waals surface area contributed by atoms with Crippen molar-refractivity contribution in [3.8, 4) is 17.2 Å². The van der Waals surface area contributed by atoms with Crippen LogP contribution in [0.5, 0.6) is 17.2 Å². The molecule has 262 valence electrons. The predicted molar refractivity (Wildman–Crippen MR) is 192 cm³/mol. The quantitative estimate of drug-likeness (QED) is 0.185. The predicted octanol–water partition coefficient (Wildman–Crippen LogP) is 4.74. The van der Waals surface area contributed by atoms with Crippen LogP contribution < -0.4 is 19.1 Å². The number of ether oxygens (including phenoxy) is 3. The maximum absolute atomic E-state index is 14.0. The monoisotopic (exact) mass is 678 g/mol. The average Bonchev–Trinajstić information content (AvgIpc) is 3.89. The highest BCUT2D eigenvalue weighted by Crippen LogP contribution is 2.41. The summed E-state index contributed by atoms with van der Waals surface area (Å²) in [5.74, 6) is 2.42. The number of hydrogen-bond acceptors (Lipinski definition) is 9. The molecule has 12 heteroatoms. The molecule has 7 rings (SSSR count). The van der Waals surface area contributed by atoms with E-state index in [1.807, 2.05) is 9.58 Å². The third kappa shape index (κ3) is 6.72. The number of para-hydroxylation sites is 2. The fourth-order valence-corrected chi connectivity index (χ4v) is 7.65. The van der Waals surface area contributed by atoms with Gasteiger partial charge < -0.3 is 33.5 Å². The number of fused-ring (bicyclic) bond motifs is 1. The van der Waals surface area contributed by atoms with Crippen molar-refractivity contribution in [1.82, 2.24) is 34.1 Å². The highest BCUT2D eigenvalue weighted by atomic mass is 16.5. The van der Waals surface area contributed by atoms with Crippen LogP contribution in [-0.2, 0) is 18.5 Å². The second kappa shape index (κ2) is 14.8. The van der Waals surface area contributed by atoms with Gasteiger partial charge in [0, 0.05) is 50.2 Å². The summed E-state index contributed by atoms with van der Waals surface area (Å²) in [6, 6.07) is 22.6. The van der Waals surface area contributed by atoms with E-state index in [1.165, 1.54) is 5.56 Å². The molecule has 2 aromatic heterocycles. The molecule has 0 spiro atoms. The maximum Gasteiger partial charge on any atom is 0.254 e. The molecular weight excluding hydrogens is 632 g/mol. The van der Waals surface area contributed by atoms with Crippen LogP contribution in [-0.4, -0.2) is 107 Å². The zero-order chi connectivity index (χ0) is 34.5. The third-order valence-electron chi connectivity index (χ3n) is 10.4. The van der Waals surface area contributed by atoms with E-state index in [-0.39, 0.29) is 11.3 Å². The van der Waals surface area contributed by atoms with Crippen LogP contribution in [0.2, 0.25) is 0 Å². The number of carbonyl (C=O) groups is 1. The van der Waals surface area contributed by atoms with Gasteiger partial charge in [-0.25, -0.2) is 9.97 Å². The SMILES string of the molecule is COc1cc(C(=O)N2CCC(CCN3CCCN(c4nc5ccccc5n4CCn4cncn4)CC3)(c3ccccc3)C2)cc(OC)c1OC. The number of aromatic nitrogens is 5. The molecular formula is C38H46N8O4. The van der Waals surface area contributed by atoms with Gasteiger partial charge in [-0.1, -0.05) is 42.5 Å². The molecule has 2 aliphatic heterocycles. The number of amides is 1. The van der Waals surface area contributed by atoms with Gasteiger partial charge in [0.15, 0.2) is 11.5 Å². The Morgan fingerprint density at radius 1 is 0.840 bits per heavy atom. The van der Waals surface area contributed by atoms with Crippen LogP contribution in [0.1, 0.15) is 35.2 Å². The molecule has 5 aromatic rings. The Labute approximate surface area is 293 Å². The molecule has 0 aliphatic carbocycles. The van der Waals surface area contributed by atoms with Crippen molar-refractivity contribution in [3.63, 3.8) is 0 Å². The summed E-state index contributed by atoms with van der Waals surface area (Å²) < 4.78 is 20.8. The Morgan fingerprint density at radius 3 is 2.36 bits per heavy atom. The van der Waals surface area contributed by atoms with E-state index < -0.39 is 0 Å². The normalized spacial score (nSPS) is 18.4. The third-order valence-corrected chi connectivity index (χ3v) is 10.4. The number of nitrogens with zero attached hydrogens (tertiary/aromatic N) is 8. The molecule has 2 fully saturated rings. The Hall–Kier alpha value is -5.10. The summed E-state index contributed by atoms with van der Waals surface area (Å²) in [6.07, 6.45) is 6.26. The van der Waals surface area contributed by atoms with E-state index in [1.54, 1.807) is 46.1 Å². The number of anilines is 1. The molecule has 12 nitrogen and oxygen atoms in total. The number of rotatable bonds is 12. The van der Waals surface area contributed by atoms with Gasteiger partial charge in [0.05, 0.1) is 38.9 Å². The first-order chi connectivity index (χ1) is 24.5. The molecule has 0 saturated carbocycles. The maximum atomic E-state index is 14.0. The van der Waals surface area contributed by atoms with Gasteiger partial charge in [0.1, 0.15) is 12.7 Å². The van der Waals surface area contributed by atoms with E-state index in [4.69, 9.17) is 19.2 Å². The lowest BCUT2D eigenvalue weighted by Gasteiger charge is -2.33. The van der Waals surface area contributed by atoms with Crippen LogP contribution in [0.4, 0.5) is 5.95 Å². The zero-order valence-electron chi connectivity index (χ0n) is 29.2. The summed E-state index contributed by atoms with van der Waals surface area (Å²) >= 11 is 0. The Bertz CT molecular complexity index is 1870. The topological polar surface area (TPSA) is 103 Å². The van der Waals surface area contributed by atoms with Crippen molar-refractivity contribution >= 4 is 22.9 Å². The van der Waals surface area contributed by atoms with Gasteiger partial charge in [-0.05, 0) is 62.2 Å². The highest BCUT2D eigenvalue weighted by molar-refractivity contribution is 5.96. The molecule has 2 aliphatic rings. The van der Waals surface area contributed by atoms with Crippen molar-refractivity contribution in [1.29, 1.82) is 0 Å². The summed E-state index contributed by atoms with van der Waals surface area (Å²) in [4.78, 5) is 30.2. The lowest BCUT2D eigenvalue weighted by atomic mass is 9.76. The minimum atomic E-state index is -0.140. The van der Waals surface area contributed by atoms with Crippen LogP contribution >= 0.6 is 0 Å². The molecule has 50 heavy (non-hydrogen) atoms. The van der Waals surface area contributed by atoms with Gasteiger partial charge in [-0.2, -0.15) is 5.10 Å². The lowest BCUT2D eigenvalue weighted by Crippen LogP contribution is -2.39. The number of imidazole rings is 1. The first kappa shape index (κ1) is 33.4. The van der Waals surface area contributed by atoms with Gasteiger partial charge in [0.25, 0.3) is 5.91 Å². The fraction of sp³-hybridized carbons (Fsp3) is 0.421. The second-order valence-electron chi connectivity index (χ2n) is 13.2.